The highest BCUT2D eigenvalue weighted by molar-refractivity contribution is 5.81. The molecule has 4 heterocycles. The second kappa shape index (κ2) is 17.2. The molecule has 0 bridgehead atoms. The molecule has 9 rings (SSSR count). The minimum absolute atomic E-state index is 0.0521. The molecular formula is C47H9F9N16. The third-order valence-corrected chi connectivity index (χ3v) is 10.7. The molecule has 3 aliphatic rings. The number of nitrogens with zero attached hydrogens (tertiary/aromatic N) is 16. The van der Waals surface area contributed by atoms with Gasteiger partial charge in [-0.05, 0) is 37.3 Å². The molecule has 0 saturated carbocycles. The van der Waals surface area contributed by atoms with E-state index in [1.807, 2.05) is 12.1 Å². The molecule has 0 fully saturated rings. The van der Waals surface area contributed by atoms with Crippen molar-refractivity contribution in [1.82, 2.24) is 15.0 Å². The fraction of sp³-hybridized carbons (Fsp3) is 0.0213. The normalized spacial score (nSPS) is 14.5. The summed E-state index contributed by atoms with van der Waals surface area (Å²) in [7, 11) is 0. The van der Waals surface area contributed by atoms with Crippen molar-refractivity contribution in [3.05, 3.63) is 206 Å². The lowest BCUT2D eigenvalue weighted by Gasteiger charge is -2.11. The Labute approximate surface area is 393 Å². The van der Waals surface area contributed by atoms with Crippen LogP contribution in [-0.2, 0) is 0 Å². The van der Waals surface area contributed by atoms with Gasteiger partial charge >= 0.3 is 5.70 Å². The zero-order valence-electron chi connectivity index (χ0n) is 35.0. The van der Waals surface area contributed by atoms with Crippen molar-refractivity contribution in [3.8, 4) is 58.4 Å². The topological polar surface area (TPSA) is 221 Å². The van der Waals surface area contributed by atoms with Crippen LogP contribution in [-0.4, -0.2) is 15.0 Å². The molecule has 72 heavy (non-hydrogen) atoms. The van der Waals surface area contributed by atoms with Gasteiger partial charge in [-0.3, -0.25) is 4.99 Å². The maximum atomic E-state index is 15.2. The molecular weight excluding hydrogens is 960 g/mol. The van der Waals surface area contributed by atoms with Gasteiger partial charge in [0.25, 0.3) is 0 Å². The molecule has 0 atom stereocenters. The Morgan fingerprint density at radius 2 is 0.903 bits per heavy atom. The molecule has 1 aromatic heterocycles. The number of benzene rings is 5. The monoisotopic (exact) mass is 968 g/mol. The number of rotatable bonds is 5. The molecule has 0 spiro atoms. The van der Waals surface area contributed by atoms with Gasteiger partial charge in [-0.25, -0.2) is 99.2 Å². The van der Waals surface area contributed by atoms with Crippen LogP contribution < -0.4 is 32.1 Å². The van der Waals surface area contributed by atoms with Gasteiger partial charge in [-0.2, -0.15) is 15.8 Å². The number of fused-ring (bicyclic) bond motifs is 3. The van der Waals surface area contributed by atoms with Crippen LogP contribution in [0.15, 0.2) is 89.5 Å². The van der Waals surface area contributed by atoms with Gasteiger partial charge in [-0.15, -0.1) is 0 Å². The molecule has 0 amide bonds. The predicted molar refractivity (Wildman–Crippen MR) is 221 cm³/mol. The highest BCUT2D eigenvalue weighted by Gasteiger charge is 2.32. The van der Waals surface area contributed by atoms with Gasteiger partial charge in [0.05, 0.1) is 69.5 Å². The van der Waals surface area contributed by atoms with E-state index in [0.717, 1.165) is 13.0 Å². The highest BCUT2D eigenvalue weighted by atomic mass is 19.2. The molecule has 0 radical (unpaired) electrons. The molecule has 0 N–H and O–H groups in total. The second-order valence-corrected chi connectivity index (χ2v) is 14.5. The Morgan fingerprint density at radius 1 is 0.472 bits per heavy atom. The first kappa shape index (κ1) is 46.1. The van der Waals surface area contributed by atoms with Crippen molar-refractivity contribution >= 4 is 17.0 Å². The number of nitriles is 4. The summed E-state index contributed by atoms with van der Waals surface area (Å²) in [6, 6.07) is 14.2. The number of hydrogen-bond donors (Lipinski definition) is 0. The Bertz CT molecular complexity index is 4210. The maximum Gasteiger partial charge on any atom is 0.305 e. The summed E-state index contributed by atoms with van der Waals surface area (Å²) < 4.78 is 132. The fourth-order valence-corrected chi connectivity index (χ4v) is 7.36. The zero-order chi connectivity index (χ0) is 51.6. The van der Waals surface area contributed by atoms with E-state index in [4.69, 9.17) is 19.7 Å². The van der Waals surface area contributed by atoms with Crippen molar-refractivity contribution < 1.29 is 39.5 Å². The molecule has 340 valence electrons. The van der Waals surface area contributed by atoms with Crippen molar-refractivity contribution in [2.75, 3.05) is 0 Å². The minimum Gasteiger partial charge on any atom is -0.250 e. The largest absolute Gasteiger partial charge is 0.305 e. The van der Waals surface area contributed by atoms with Crippen LogP contribution in [0.5, 0.6) is 0 Å². The molecule has 5 aromatic carbocycles. The standard InChI is InChI=1S/C47H9F9N16/c1-15-28(48)32(52)27(33(53)29(15)49)41(63-4)47-66-24-10-7-18(39(62-3)40(24)69-47)44-71-42(70-43(72-44)17-6-9-23-38(20(17)12-58)68-46(65-23)25(14-60)61-2)16-5-8-22-37(19(16)11-57)67-45(64-22)21(13-59)26-30(50)34(54)36(56)35(55)31(26)51/h5-10H,1H3/b45-21+,46-25+,47-41-. The van der Waals surface area contributed by atoms with Crippen LogP contribution in [0.4, 0.5) is 45.2 Å². The van der Waals surface area contributed by atoms with E-state index in [1.54, 1.807) is 6.07 Å². The van der Waals surface area contributed by atoms with Crippen LogP contribution in [0, 0.1) is 124 Å². The molecule has 16 nitrogen and oxygen atoms in total. The van der Waals surface area contributed by atoms with Crippen LogP contribution in [0.1, 0.15) is 27.8 Å². The SMILES string of the molecule is [C-]#[N+]/C(=C1/N=c2ccc(-c3nc(-c4ccc5c(c4C#N)=N/C(=C(\C#N)c4c(F)c(F)c(F)c(F)c4F)N=5)nc(-c4ccc5c(c4C#N)=N/C(=C(\C#N)[N+]#[C-])N=5)n3)c([N+]#[C-])c2=N1)c1c(F)c(F)c(C)c(F)c1F. The van der Waals surface area contributed by atoms with E-state index in [1.165, 1.54) is 36.4 Å². The molecule has 25 heteroatoms. The van der Waals surface area contributed by atoms with Gasteiger partial charge in [0.1, 0.15) is 34.5 Å². The summed E-state index contributed by atoms with van der Waals surface area (Å²) in [4.78, 5) is 47.9. The van der Waals surface area contributed by atoms with Crippen molar-refractivity contribution in [2.45, 2.75) is 6.92 Å². The molecule has 3 aliphatic heterocycles. The first-order chi connectivity index (χ1) is 34.5. The van der Waals surface area contributed by atoms with Crippen LogP contribution in [0.3, 0.4) is 0 Å². The minimum atomic E-state index is -2.50. The van der Waals surface area contributed by atoms with Gasteiger partial charge in [0.2, 0.25) is 17.2 Å². The number of hydrogen-bond acceptors (Lipinski definition) is 13. The smallest absolute Gasteiger partial charge is 0.250 e. The van der Waals surface area contributed by atoms with Gasteiger partial charge in [0, 0.05) is 22.3 Å². The van der Waals surface area contributed by atoms with E-state index >= 15 is 8.78 Å². The molecule has 0 aliphatic carbocycles. The van der Waals surface area contributed by atoms with E-state index in [-0.39, 0.29) is 60.7 Å². The number of halogens is 9. The summed E-state index contributed by atoms with van der Waals surface area (Å²) in [5.41, 5.74) is -8.64. The summed E-state index contributed by atoms with van der Waals surface area (Å²) in [6.07, 6.45) is 0. The van der Waals surface area contributed by atoms with E-state index < -0.39 is 126 Å². The van der Waals surface area contributed by atoms with Crippen molar-refractivity contribution in [1.29, 1.82) is 21.0 Å². The van der Waals surface area contributed by atoms with Crippen LogP contribution in [0.2, 0.25) is 0 Å². The van der Waals surface area contributed by atoms with Crippen molar-refractivity contribution in [2.24, 2.45) is 30.0 Å². The molecule has 6 aromatic rings. The van der Waals surface area contributed by atoms with E-state index in [0.29, 0.717) is 0 Å². The van der Waals surface area contributed by atoms with Gasteiger partial charge < -0.3 is 0 Å². The fourth-order valence-electron chi connectivity index (χ4n) is 7.36. The van der Waals surface area contributed by atoms with E-state index in [9.17, 15) is 51.8 Å². The Hall–Kier alpha value is -11.1. The average molecular weight is 969 g/mol. The molecule has 0 saturated heterocycles. The summed E-state index contributed by atoms with van der Waals surface area (Å²) >= 11 is 0. The summed E-state index contributed by atoms with van der Waals surface area (Å²) in [5.74, 6) is -22.6. The number of aromatic nitrogens is 3. The zero-order valence-corrected chi connectivity index (χ0v) is 35.0. The van der Waals surface area contributed by atoms with Crippen LogP contribution >= 0.6 is 0 Å². The Kier molecular flexibility index (Phi) is 11.0. The lowest BCUT2D eigenvalue weighted by molar-refractivity contribution is 0.376. The molecule has 0 unspecified atom stereocenters. The lowest BCUT2D eigenvalue weighted by Crippen LogP contribution is -2.26. The van der Waals surface area contributed by atoms with Gasteiger partial charge in [-0.1, -0.05) is 6.07 Å². The maximum absolute atomic E-state index is 15.2. The van der Waals surface area contributed by atoms with E-state index in [2.05, 4.69) is 59.4 Å². The number of allylic oxidation sites excluding steroid dienone is 2. The average Bonchev–Trinajstić information content (AvgIpc) is 4.15. The quantitative estimate of drug-likeness (QED) is 0.0636. The highest BCUT2D eigenvalue weighted by Crippen LogP contribution is 2.35. The third kappa shape index (κ3) is 6.85. The Morgan fingerprint density at radius 3 is 1.38 bits per heavy atom. The summed E-state index contributed by atoms with van der Waals surface area (Å²) in [5, 5.41) is 39.2. The first-order valence-electron chi connectivity index (χ1n) is 19.4. The second-order valence-electron chi connectivity index (χ2n) is 14.5. The predicted octanol–water partition coefficient (Wildman–Crippen LogP) is 6.24. The lowest BCUT2D eigenvalue weighted by atomic mass is 10.0. The summed E-state index contributed by atoms with van der Waals surface area (Å²) in [6.45, 7) is 23.9. The first-order valence-corrected chi connectivity index (χ1v) is 19.4. The third-order valence-electron chi connectivity index (χ3n) is 10.7. The van der Waals surface area contributed by atoms with Gasteiger partial charge in [0.15, 0.2) is 81.5 Å². The van der Waals surface area contributed by atoms with Crippen molar-refractivity contribution in [3.63, 3.8) is 0 Å². The van der Waals surface area contributed by atoms with Crippen LogP contribution in [0.25, 0.3) is 60.0 Å². The Balaban J connectivity index is 1.31.